The van der Waals surface area contributed by atoms with E-state index in [0.29, 0.717) is 10.8 Å². The first kappa shape index (κ1) is 13.4. The summed E-state index contributed by atoms with van der Waals surface area (Å²) in [6.45, 7) is 0. The van der Waals surface area contributed by atoms with Crippen molar-refractivity contribution in [3.05, 3.63) is 34.9 Å². The van der Waals surface area contributed by atoms with Crippen molar-refractivity contribution in [2.24, 2.45) is 7.05 Å². The lowest BCUT2D eigenvalue weighted by Gasteiger charge is -2.00. The molecule has 0 amide bonds. The van der Waals surface area contributed by atoms with Gasteiger partial charge in [0, 0.05) is 13.2 Å². The van der Waals surface area contributed by atoms with Crippen molar-refractivity contribution >= 4 is 29.3 Å². The van der Waals surface area contributed by atoms with Gasteiger partial charge in [-0.15, -0.1) is 20.0 Å². The van der Waals surface area contributed by atoms with E-state index in [-0.39, 0.29) is 11.7 Å². The minimum Gasteiger partial charge on any atom is -0.368 e. The van der Waals surface area contributed by atoms with Gasteiger partial charge in [0.05, 0.1) is 5.75 Å². The molecule has 2 N–H and O–H groups in total. The van der Waals surface area contributed by atoms with Crippen LogP contribution in [0.2, 0.25) is 0 Å². The molecule has 9 nitrogen and oxygen atoms in total. The van der Waals surface area contributed by atoms with Gasteiger partial charge in [0.25, 0.3) is 5.91 Å². The van der Waals surface area contributed by atoms with Crippen LogP contribution in [0.5, 0.6) is 0 Å². The molecule has 108 valence electrons. The lowest BCUT2D eigenvalue weighted by molar-refractivity contribution is 0.0922. The molecule has 0 saturated heterocycles. The number of thioether (sulfide) groups is 1. The minimum absolute atomic E-state index is 0.00968. The van der Waals surface area contributed by atoms with Crippen LogP contribution in [0, 0.1) is 0 Å². The van der Waals surface area contributed by atoms with Crippen LogP contribution in [0.3, 0.4) is 0 Å². The van der Waals surface area contributed by atoms with E-state index < -0.39 is 11.6 Å². The standard InChI is InChI=1S/C11H11N7O2S/c1-16-9(12)13-14-10(16)21-6-8(19)18-11(20)17-5-3-2-4-7(17)15-18/h2-5H,6H2,1H3,(H2,12,13). The van der Waals surface area contributed by atoms with Crippen molar-refractivity contribution in [2.45, 2.75) is 5.16 Å². The summed E-state index contributed by atoms with van der Waals surface area (Å²) in [5.74, 6) is -0.166. The van der Waals surface area contributed by atoms with Crippen LogP contribution < -0.4 is 11.4 Å². The number of nitrogens with two attached hydrogens (primary N) is 1. The average molecular weight is 305 g/mol. The molecule has 21 heavy (non-hydrogen) atoms. The Labute approximate surface area is 122 Å². The third-order valence-corrected chi connectivity index (χ3v) is 3.86. The van der Waals surface area contributed by atoms with Crippen LogP contribution in [0.25, 0.3) is 5.65 Å². The summed E-state index contributed by atoms with van der Waals surface area (Å²) in [6, 6.07) is 5.09. The van der Waals surface area contributed by atoms with Gasteiger partial charge in [-0.1, -0.05) is 17.8 Å². The second-order valence-corrected chi connectivity index (χ2v) is 5.15. The average Bonchev–Trinajstić information content (AvgIpc) is 2.99. The fourth-order valence-corrected chi connectivity index (χ4v) is 2.49. The Kier molecular flexibility index (Phi) is 3.22. The molecule has 0 aromatic carbocycles. The SMILES string of the molecule is Cn1c(N)nnc1SCC(=O)n1nc2ccccn2c1=O. The molecule has 3 heterocycles. The highest BCUT2D eigenvalue weighted by molar-refractivity contribution is 7.99. The third kappa shape index (κ3) is 2.29. The number of nitrogen functional groups attached to an aromatic ring is 1. The van der Waals surface area contributed by atoms with Crippen molar-refractivity contribution in [3.8, 4) is 0 Å². The summed E-state index contributed by atoms with van der Waals surface area (Å²) in [4.78, 5) is 24.1. The normalized spacial score (nSPS) is 11.1. The Hall–Kier alpha value is -2.62. The van der Waals surface area contributed by atoms with Crippen LogP contribution in [-0.4, -0.2) is 40.6 Å². The van der Waals surface area contributed by atoms with Crippen LogP contribution in [0.1, 0.15) is 4.79 Å². The number of carbonyl (C=O) groups is 1. The lowest BCUT2D eigenvalue weighted by atomic mass is 10.5. The van der Waals surface area contributed by atoms with Crippen molar-refractivity contribution in [3.63, 3.8) is 0 Å². The molecule has 0 spiro atoms. The van der Waals surface area contributed by atoms with E-state index in [2.05, 4.69) is 15.3 Å². The molecule has 0 aliphatic carbocycles. The first-order valence-corrected chi connectivity index (χ1v) is 6.94. The predicted octanol–water partition coefficient (Wildman–Crippen LogP) is -0.361. The third-order valence-electron chi connectivity index (χ3n) is 2.86. The summed E-state index contributed by atoms with van der Waals surface area (Å²) in [7, 11) is 1.69. The molecule has 0 radical (unpaired) electrons. The maximum Gasteiger partial charge on any atom is 0.357 e. The van der Waals surface area contributed by atoms with Crippen molar-refractivity contribution in [2.75, 3.05) is 11.5 Å². The van der Waals surface area contributed by atoms with Gasteiger partial charge in [0.2, 0.25) is 5.95 Å². The molecule has 3 aromatic heterocycles. The van der Waals surface area contributed by atoms with Gasteiger partial charge >= 0.3 is 5.69 Å². The van der Waals surface area contributed by atoms with E-state index in [9.17, 15) is 9.59 Å². The van der Waals surface area contributed by atoms with Crippen LogP contribution in [0.4, 0.5) is 5.95 Å². The van der Waals surface area contributed by atoms with Gasteiger partial charge in [-0.2, -0.15) is 0 Å². The quantitative estimate of drug-likeness (QED) is 0.657. The molecule has 3 aromatic rings. The summed E-state index contributed by atoms with van der Waals surface area (Å²) in [6.07, 6.45) is 1.56. The molecule has 0 fully saturated rings. The Morgan fingerprint density at radius 2 is 2.19 bits per heavy atom. The Morgan fingerprint density at radius 3 is 2.86 bits per heavy atom. The monoisotopic (exact) mass is 305 g/mol. The number of anilines is 1. The molecule has 0 atom stereocenters. The molecule has 0 saturated carbocycles. The highest BCUT2D eigenvalue weighted by atomic mass is 32.2. The number of pyridine rings is 1. The lowest BCUT2D eigenvalue weighted by Crippen LogP contribution is -2.28. The fraction of sp³-hybridized carbons (Fsp3) is 0.182. The summed E-state index contributed by atoms with van der Waals surface area (Å²) >= 11 is 1.14. The highest BCUT2D eigenvalue weighted by Gasteiger charge is 2.15. The molecule has 0 unspecified atom stereocenters. The van der Waals surface area contributed by atoms with Gasteiger partial charge in [0.15, 0.2) is 10.8 Å². The zero-order valence-corrected chi connectivity index (χ0v) is 11.8. The number of rotatable bonds is 3. The summed E-state index contributed by atoms with van der Waals surface area (Å²) in [5.41, 5.74) is 5.48. The highest BCUT2D eigenvalue weighted by Crippen LogP contribution is 2.16. The Bertz CT molecular complexity index is 878. The Morgan fingerprint density at radius 1 is 1.38 bits per heavy atom. The maximum atomic E-state index is 12.1. The molecule has 0 aliphatic heterocycles. The first-order chi connectivity index (χ1) is 10.1. The van der Waals surface area contributed by atoms with Gasteiger partial charge in [-0.25, -0.2) is 9.20 Å². The maximum absolute atomic E-state index is 12.1. The second kappa shape index (κ2) is 5.05. The van der Waals surface area contributed by atoms with Crippen molar-refractivity contribution < 1.29 is 4.79 Å². The van der Waals surface area contributed by atoms with Gasteiger partial charge in [-0.3, -0.25) is 9.36 Å². The number of hydrogen-bond donors (Lipinski definition) is 1. The van der Waals surface area contributed by atoms with Gasteiger partial charge in [-0.05, 0) is 12.1 Å². The number of nitrogens with zero attached hydrogens (tertiary/aromatic N) is 6. The number of fused-ring (bicyclic) bond motifs is 1. The summed E-state index contributed by atoms with van der Waals surface area (Å²) < 4.78 is 3.72. The second-order valence-electron chi connectivity index (χ2n) is 4.21. The van der Waals surface area contributed by atoms with E-state index in [4.69, 9.17) is 5.73 Å². The molecule has 10 heteroatoms. The molecule has 3 rings (SSSR count). The van der Waals surface area contributed by atoms with Gasteiger partial charge in [0.1, 0.15) is 0 Å². The van der Waals surface area contributed by atoms with E-state index >= 15 is 0 Å². The van der Waals surface area contributed by atoms with Crippen LogP contribution >= 0.6 is 11.8 Å². The van der Waals surface area contributed by atoms with E-state index in [1.54, 1.807) is 36.0 Å². The predicted molar refractivity (Wildman–Crippen MR) is 76.2 cm³/mol. The fourth-order valence-electron chi connectivity index (χ4n) is 1.73. The largest absolute Gasteiger partial charge is 0.368 e. The number of aromatic nitrogens is 6. The van der Waals surface area contributed by atoms with E-state index in [1.807, 2.05) is 0 Å². The van der Waals surface area contributed by atoms with Crippen LogP contribution in [0.15, 0.2) is 34.3 Å². The first-order valence-electron chi connectivity index (χ1n) is 5.95. The zero-order chi connectivity index (χ0) is 15.0. The van der Waals surface area contributed by atoms with E-state index in [1.165, 1.54) is 4.40 Å². The summed E-state index contributed by atoms with van der Waals surface area (Å²) in [5, 5.41) is 12.0. The van der Waals surface area contributed by atoms with Crippen molar-refractivity contribution in [1.82, 2.24) is 28.9 Å². The minimum atomic E-state index is -0.492. The molecule has 0 bridgehead atoms. The Balaban J connectivity index is 1.83. The number of carbonyl (C=O) groups excluding carboxylic acids is 1. The van der Waals surface area contributed by atoms with Crippen LogP contribution in [-0.2, 0) is 7.05 Å². The topological polar surface area (TPSA) is 113 Å². The smallest absolute Gasteiger partial charge is 0.357 e. The molecule has 0 aliphatic rings. The molecular weight excluding hydrogens is 294 g/mol. The van der Waals surface area contributed by atoms with Crippen molar-refractivity contribution in [1.29, 1.82) is 0 Å². The zero-order valence-electron chi connectivity index (χ0n) is 11.0. The number of hydrogen-bond acceptors (Lipinski definition) is 7. The van der Waals surface area contributed by atoms with Gasteiger partial charge < -0.3 is 5.73 Å². The molecular formula is C11H11N7O2S. The van der Waals surface area contributed by atoms with E-state index in [0.717, 1.165) is 16.4 Å².